The second-order valence-corrected chi connectivity index (χ2v) is 12.1. The van der Waals surface area contributed by atoms with Crippen LogP contribution in [0, 0.1) is 6.92 Å². The summed E-state index contributed by atoms with van der Waals surface area (Å²) >= 11 is 0.995. The van der Waals surface area contributed by atoms with Crippen LogP contribution in [-0.4, -0.2) is 67.5 Å². The van der Waals surface area contributed by atoms with Gasteiger partial charge in [-0.05, 0) is 67.0 Å². The van der Waals surface area contributed by atoms with Gasteiger partial charge in [-0.25, -0.2) is 18.7 Å². The average molecular weight is 524 g/mol. The van der Waals surface area contributed by atoms with Crippen LogP contribution in [0.25, 0.3) is 10.4 Å². The Balaban J connectivity index is 2.05. The number of nitrogens with zero attached hydrogens (tertiary/aromatic N) is 3. The Bertz CT molecular complexity index is 1150. The van der Waals surface area contributed by atoms with Crippen molar-refractivity contribution in [2.24, 2.45) is 0 Å². The predicted molar refractivity (Wildman–Crippen MR) is 137 cm³/mol. The van der Waals surface area contributed by atoms with E-state index in [4.69, 9.17) is 0 Å². The summed E-state index contributed by atoms with van der Waals surface area (Å²) in [5.74, 6) is -3.56. The Hall–Kier alpha value is -2.66. The van der Waals surface area contributed by atoms with Crippen molar-refractivity contribution in [2.45, 2.75) is 91.0 Å². The SMILES string of the molecule is Cc1cc(NC(C)(C)C)ncc1-c1sc(C(=O)N[C@@H](C)C(C)(C)O)nc1C(=O)N1CC(F)(F)C[C@@H]1C. The lowest BCUT2D eigenvalue weighted by Crippen LogP contribution is -2.47. The van der Waals surface area contributed by atoms with Crippen molar-refractivity contribution >= 4 is 29.0 Å². The molecule has 2 atom stereocenters. The number of aliphatic hydroxyl groups is 1. The molecule has 3 rings (SSSR count). The first-order valence-corrected chi connectivity index (χ1v) is 12.7. The molecule has 0 bridgehead atoms. The number of rotatable bonds is 6. The quantitative estimate of drug-likeness (QED) is 0.515. The topological polar surface area (TPSA) is 107 Å². The van der Waals surface area contributed by atoms with Crippen LogP contribution in [0.3, 0.4) is 0 Å². The molecule has 0 aliphatic carbocycles. The summed E-state index contributed by atoms with van der Waals surface area (Å²) in [6, 6.07) is 0.559. The molecule has 3 N–H and O–H groups in total. The number of anilines is 1. The normalized spacial score (nSPS) is 18.8. The molecule has 2 amide bonds. The highest BCUT2D eigenvalue weighted by Gasteiger charge is 2.46. The molecule has 2 aromatic rings. The zero-order valence-corrected chi connectivity index (χ0v) is 22.8. The van der Waals surface area contributed by atoms with Crippen LogP contribution in [0.1, 0.15) is 80.7 Å². The number of halogens is 2. The van der Waals surface area contributed by atoms with Crippen molar-refractivity contribution in [3.05, 3.63) is 28.5 Å². The largest absolute Gasteiger partial charge is 0.388 e. The lowest BCUT2D eigenvalue weighted by Gasteiger charge is -2.26. The van der Waals surface area contributed by atoms with Crippen LogP contribution >= 0.6 is 11.3 Å². The summed E-state index contributed by atoms with van der Waals surface area (Å²) in [5.41, 5.74) is -0.0883. The second kappa shape index (κ2) is 9.66. The van der Waals surface area contributed by atoms with E-state index in [2.05, 4.69) is 20.6 Å². The van der Waals surface area contributed by atoms with Crippen molar-refractivity contribution in [3.8, 4) is 10.4 Å². The van der Waals surface area contributed by atoms with E-state index in [1.807, 2.05) is 33.8 Å². The maximum absolute atomic E-state index is 14.1. The van der Waals surface area contributed by atoms with Gasteiger partial charge in [-0.3, -0.25) is 9.59 Å². The highest BCUT2D eigenvalue weighted by atomic mass is 32.1. The number of thiazole rings is 1. The molecule has 0 aromatic carbocycles. The summed E-state index contributed by atoms with van der Waals surface area (Å²) < 4.78 is 28.1. The maximum atomic E-state index is 14.1. The number of carbonyl (C=O) groups is 2. The van der Waals surface area contributed by atoms with E-state index in [0.717, 1.165) is 21.8 Å². The molecule has 1 aliphatic heterocycles. The predicted octanol–water partition coefficient (Wildman–Crippen LogP) is 4.48. The van der Waals surface area contributed by atoms with Gasteiger partial charge in [0.25, 0.3) is 17.7 Å². The number of likely N-dealkylation sites (tertiary alicyclic amines) is 1. The van der Waals surface area contributed by atoms with Gasteiger partial charge in [0.05, 0.1) is 23.1 Å². The molecule has 0 radical (unpaired) electrons. The van der Waals surface area contributed by atoms with E-state index in [9.17, 15) is 23.5 Å². The minimum Gasteiger partial charge on any atom is -0.388 e. The van der Waals surface area contributed by atoms with Gasteiger partial charge < -0.3 is 20.6 Å². The van der Waals surface area contributed by atoms with Crippen LogP contribution in [0.15, 0.2) is 12.3 Å². The molecule has 2 aromatic heterocycles. The van der Waals surface area contributed by atoms with Gasteiger partial charge in [0.1, 0.15) is 11.5 Å². The van der Waals surface area contributed by atoms with Crippen molar-refractivity contribution in [3.63, 3.8) is 0 Å². The summed E-state index contributed by atoms with van der Waals surface area (Å²) in [4.78, 5) is 36.7. The smallest absolute Gasteiger partial charge is 0.280 e. The number of aryl methyl sites for hydroxylation is 1. The lowest BCUT2D eigenvalue weighted by molar-refractivity contribution is 0.0118. The Morgan fingerprint density at radius 2 is 1.92 bits per heavy atom. The van der Waals surface area contributed by atoms with Gasteiger partial charge in [-0.15, -0.1) is 11.3 Å². The van der Waals surface area contributed by atoms with Crippen molar-refractivity contribution in [1.29, 1.82) is 0 Å². The van der Waals surface area contributed by atoms with Crippen LogP contribution in [0.4, 0.5) is 14.6 Å². The Morgan fingerprint density at radius 1 is 1.28 bits per heavy atom. The van der Waals surface area contributed by atoms with E-state index in [1.165, 1.54) is 0 Å². The van der Waals surface area contributed by atoms with E-state index >= 15 is 0 Å². The third-order valence-electron chi connectivity index (χ3n) is 6.08. The zero-order chi connectivity index (χ0) is 27.2. The number of hydrogen-bond acceptors (Lipinski definition) is 7. The van der Waals surface area contributed by atoms with Gasteiger partial charge in [0.15, 0.2) is 5.01 Å². The van der Waals surface area contributed by atoms with E-state index in [0.29, 0.717) is 16.3 Å². The molecule has 36 heavy (non-hydrogen) atoms. The summed E-state index contributed by atoms with van der Waals surface area (Å²) in [7, 11) is 0. The van der Waals surface area contributed by atoms with Gasteiger partial charge >= 0.3 is 0 Å². The van der Waals surface area contributed by atoms with Crippen LogP contribution in [0.5, 0.6) is 0 Å². The minimum atomic E-state index is -2.98. The number of pyridine rings is 1. The molecule has 11 heteroatoms. The molecule has 0 unspecified atom stereocenters. The van der Waals surface area contributed by atoms with Crippen LogP contribution in [-0.2, 0) is 0 Å². The van der Waals surface area contributed by atoms with Gasteiger partial charge in [0.2, 0.25) is 0 Å². The van der Waals surface area contributed by atoms with Crippen molar-refractivity contribution in [2.75, 3.05) is 11.9 Å². The fourth-order valence-corrected chi connectivity index (χ4v) is 4.88. The third-order valence-corrected chi connectivity index (χ3v) is 7.17. The van der Waals surface area contributed by atoms with Crippen LogP contribution < -0.4 is 10.6 Å². The molecule has 3 heterocycles. The molecule has 1 saturated heterocycles. The third kappa shape index (κ3) is 6.36. The molecule has 0 spiro atoms. The molecule has 1 aliphatic rings. The zero-order valence-electron chi connectivity index (χ0n) is 22.0. The molecule has 8 nitrogen and oxygen atoms in total. The molecule has 0 saturated carbocycles. The van der Waals surface area contributed by atoms with Gasteiger partial charge in [0, 0.05) is 29.8 Å². The highest BCUT2D eigenvalue weighted by molar-refractivity contribution is 7.17. The Kier molecular flexibility index (Phi) is 7.49. The van der Waals surface area contributed by atoms with E-state index < -0.39 is 48.4 Å². The fraction of sp³-hybridized carbons (Fsp3) is 0.600. The number of aromatic nitrogens is 2. The van der Waals surface area contributed by atoms with Crippen molar-refractivity contribution < 1.29 is 23.5 Å². The van der Waals surface area contributed by atoms with Gasteiger partial charge in [-0.2, -0.15) is 0 Å². The fourth-order valence-electron chi connectivity index (χ4n) is 3.85. The summed E-state index contributed by atoms with van der Waals surface area (Å²) in [6.07, 6.45) is 1.17. The number of alkyl halides is 2. The Labute approximate surface area is 214 Å². The molecular formula is C25H35F2N5O3S. The number of hydrogen-bond donors (Lipinski definition) is 3. The molecular weight excluding hydrogens is 488 g/mol. The average Bonchev–Trinajstić information content (AvgIpc) is 3.26. The molecule has 198 valence electrons. The lowest BCUT2D eigenvalue weighted by atomic mass is 10.0. The number of amides is 2. The summed E-state index contributed by atoms with van der Waals surface area (Å²) in [5, 5.41) is 16.2. The monoisotopic (exact) mass is 523 g/mol. The second-order valence-electron chi connectivity index (χ2n) is 11.1. The van der Waals surface area contributed by atoms with Crippen LogP contribution in [0.2, 0.25) is 0 Å². The first-order chi connectivity index (χ1) is 16.4. The van der Waals surface area contributed by atoms with E-state index in [-0.39, 0.29) is 16.2 Å². The summed E-state index contributed by atoms with van der Waals surface area (Å²) in [6.45, 7) is 13.5. The molecule has 1 fully saturated rings. The number of carbonyl (C=O) groups excluding carboxylic acids is 2. The van der Waals surface area contributed by atoms with E-state index in [1.54, 1.807) is 33.9 Å². The Morgan fingerprint density at radius 3 is 2.42 bits per heavy atom. The first kappa shape index (κ1) is 27.9. The van der Waals surface area contributed by atoms with Gasteiger partial charge in [-0.1, -0.05) is 0 Å². The van der Waals surface area contributed by atoms with Crippen molar-refractivity contribution in [1.82, 2.24) is 20.2 Å². The standard InChI is InChI=1S/C25H35F2N5O3S/c1-13-9-17(31-23(4,5)6)28-11-16(13)19-18(22(34)32-12-25(26,27)10-14(32)2)30-21(36-19)20(33)29-15(3)24(7,8)35/h9,11,14-15,35H,10,12H2,1-8H3,(H,28,31)(H,29,33)/t14-,15-/m0/s1. The maximum Gasteiger partial charge on any atom is 0.280 e. The number of nitrogens with one attached hydrogen (secondary N) is 2. The first-order valence-electron chi connectivity index (χ1n) is 11.9. The highest BCUT2D eigenvalue weighted by Crippen LogP contribution is 2.37. The minimum absolute atomic E-state index is 0.000599.